The number of nitrogen functional groups attached to an aromatic ring is 1. The van der Waals surface area contributed by atoms with Gasteiger partial charge >= 0.3 is 0 Å². The zero-order chi connectivity index (χ0) is 14.1. The molecular weight excluding hydrogens is 252 g/mol. The van der Waals surface area contributed by atoms with Crippen LogP contribution in [0.4, 0.5) is 17.8 Å². The van der Waals surface area contributed by atoms with E-state index in [1.165, 1.54) is 25.7 Å². The summed E-state index contributed by atoms with van der Waals surface area (Å²) in [5.41, 5.74) is 5.90. The van der Waals surface area contributed by atoms with Crippen LogP contribution in [0.5, 0.6) is 0 Å². The zero-order valence-electron chi connectivity index (χ0n) is 12.4. The zero-order valence-corrected chi connectivity index (χ0v) is 12.4. The van der Waals surface area contributed by atoms with Gasteiger partial charge in [-0.15, -0.1) is 0 Å². The van der Waals surface area contributed by atoms with Crippen molar-refractivity contribution in [2.45, 2.75) is 45.6 Å². The number of hydrogen-bond acceptors (Lipinski definition) is 6. The molecule has 3 heterocycles. The van der Waals surface area contributed by atoms with E-state index in [9.17, 15) is 0 Å². The quantitative estimate of drug-likeness (QED) is 0.886. The lowest BCUT2D eigenvalue weighted by Gasteiger charge is -2.37. The first kappa shape index (κ1) is 13.4. The third kappa shape index (κ3) is 2.64. The van der Waals surface area contributed by atoms with Gasteiger partial charge in [0, 0.05) is 25.7 Å². The Morgan fingerprint density at radius 1 is 1.00 bits per heavy atom. The van der Waals surface area contributed by atoms with Gasteiger partial charge in [0.25, 0.3) is 0 Å². The van der Waals surface area contributed by atoms with Crippen molar-refractivity contribution < 1.29 is 0 Å². The number of aromatic nitrogens is 3. The maximum Gasteiger partial charge on any atom is 0.232 e. The van der Waals surface area contributed by atoms with Crippen LogP contribution in [0.2, 0.25) is 0 Å². The van der Waals surface area contributed by atoms with E-state index in [0.717, 1.165) is 31.5 Å². The lowest BCUT2D eigenvalue weighted by Crippen LogP contribution is -2.42. The molecule has 2 saturated heterocycles. The average molecular weight is 276 g/mol. The van der Waals surface area contributed by atoms with Crippen LogP contribution in [0.1, 0.15) is 39.5 Å². The van der Waals surface area contributed by atoms with E-state index < -0.39 is 0 Å². The maximum absolute atomic E-state index is 5.90. The molecule has 0 aliphatic carbocycles. The number of rotatable bonds is 2. The Hall–Kier alpha value is -1.59. The molecule has 2 aliphatic heterocycles. The number of piperidine rings is 1. The summed E-state index contributed by atoms with van der Waals surface area (Å²) in [5, 5.41) is 0. The summed E-state index contributed by atoms with van der Waals surface area (Å²) in [6, 6.07) is 0.472. The molecule has 1 aromatic heterocycles. The Morgan fingerprint density at radius 2 is 1.70 bits per heavy atom. The van der Waals surface area contributed by atoms with Crippen LogP contribution in [0.15, 0.2) is 0 Å². The van der Waals surface area contributed by atoms with Crippen molar-refractivity contribution in [3.8, 4) is 0 Å². The highest BCUT2D eigenvalue weighted by molar-refractivity contribution is 5.45. The minimum atomic E-state index is 0.335. The number of nitrogens with two attached hydrogens (primary N) is 1. The summed E-state index contributed by atoms with van der Waals surface area (Å²) < 4.78 is 0. The Kier molecular flexibility index (Phi) is 3.63. The molecule has 1 aromatic rings. The third-order valence-electron chi connectivity index (χ3n) is 4.39. The molecule has 2 unspecified atom stereocenters. The second-order valence-corrected chi connectivity index (χ2v) is 6.17. The van der Waals surface area contributed by atoms with E-state index in [1.54, 1.807) is 0 Å². The monoisotopic (exact) mass is 276 g/mol. The summed E-state index contributed by atoms with van der Waals surface area (Å²) in [6.07, 6.45) is 4.87. The molecule has 0 amide bonds. The second kappa shape index (κ2) is 5.42. The predicted molar refractivity (Wildman–Crippen MR) is 80.9 cm³/mol. The summed E-state index contributed by atoms with van der Waals surface area (Å²) >= 11 is 0. The van der Waals surface area contributed by atoms with Gasteiger partial charge in [-0.1, -0.05) is 6.92 Å². The lowest BCUT2D eigenvalue weighted by molar-refractivity contribution is 0.385. The molecule has 2 aliphatic rings. The normalized spacial score (nSPS) is 27.1. The van der Waals surface area contributed by atoms with Crippen molar-refractivity contribution >= 4 is 17.8 Å². The average Bonchev–Trinajstić information content (AvgIpc) is 2.95. The van der Waals surface area contributed by atoms with Crippen LogP contribution in [-0.4, -0.2) is 40.6 Å². The number of nitrogens with zero attached hydrogens (tertiary/aromatic N) is 5. The molecule has 20 heavy (non-hydrogen) atoms. The second-order valence-electron chi connectivity index (χ2n) is 6.17. The van der Waals surface area contributed by atoms with Crippen LogP contribution in [0.25, 0.3) is 0 Å². The summed E-state index contributed by atoms with van der Waals surface area (Å²) in [4.78, 5) is 17.8. The molecule has 6 heteroatoms. The fourth-order valence-electron chi connectivity index (χ4n) is 3.12. The van der Waals surface area contributed by atoms with Gasteiger partial charge in [0.1, 0.15) is 0 Å². The molecule has 0 radical (unpaired) electrons. The molecule has 0 spiro atoms. The van der Waals surface area contributed by atoms with E-state index in [2.05, 4.69) is 38.6 Å². The van der Waals surface area contributed by atoms with Gasteiger partial charge in [-0.25, -0.2) is 0 Å². The molecule has 2 N–H and O–H groups in total. The van der Waals surface area contributed by atoms with Crippen LogP contribution >= 0.6 is 0 Å². The topological polar surface area (TPSA) is 71.2 Å². The first-order chi connectivity index (χ1) is 9.63. The molecule has 2 fully saturated rings. The fourth-order valence-corrected chi connectivity index (χ4v) is 3.12. The predicted octanol–water partition coefficient (Wildman–Crippen LogP) is 1.68. The minimum absolute atomic E-state index is 0.335. The third-order valence-corrected chi connectivity index (χ3v) is 4.39. The highest BCUT2D eigenvalue weighted by atomic mass is 15.4. The van der Waals surface area contributed by atoms with Crippen molar-refractivity contribution in [3.05, 3.63) is 0 Å². The summed E-state index contributed by atoms with van der Waals surface area (Å²) in [6.45, 7) is 7.57. The van der Waals surface area contributed by atoms with Gasteiger partial charge in [0.05, 0.1) is 0 Å². The van der Waals surface area contributed by atoms with E-state index in [1.807, 2.05) is 0 Å². The Labute approximate surface area is 120 Å². The summed E-state index contributed by atoms with van der Waals surface area (Å²) in [5.74, 6) is 2.51. The van der Waals surface area contributed by atoms with Gasteiger partial charge in [-0.3, -0.25) is 0 Å². The fraction of sp³-hybridized carbons (Fsp3) is 0.786. The molecule has 2 atom stereocenters. The van der Waals surface area contributed by atoms with Gasteiger partial charge < -0.3 is 15.5 Å². The Morgan fingerprint density at radius 3 is 2.45 bits per heavy atom. The minimum Gasteiger partial charge on any atom is -0.368 e. The van der Waals surface area contributed by atoms with E-state index in [-0.39, 0.29) is 0 Å². The van der Waals surface area contributed by atoms with Crippen LogP contribution in [0.3, 0.4) is 0 Å². The highest BCUT2D eigenvalue weighted by Crippen LogP contribution is 2.27. The van der Waals surface area contributed by atoms with Crippen molar-refractivity contribution in [2.24, 2.45) is 5.92 Å². The number of anilines is 3. The molecular formula is C14H24N6. The van der Waals surface area contributed by atoms with Gasteiger partial charge in [-0.05, 0) is 38.5 Å². The molecule has 0 saturated carbocycles. The molecule has 0 aromatic carbocycles. The standard InChI is InChI=1S/C14H24N6/c1-10-5-6-11(2)20(9-10)14-17-12(15)16-13(18-14)19-7-3-4-8-19/h10-11H,3-9H2,1-2H3,(H2,15,16,17,18). The highest BCUT2D eigenvalue weighted by Gasteiger charge is 2.26. The van der Waals surface area contributed by atoms with E-state index in [4.69, 9.17) is 5.73 Å². The molecule has 110 valence electrons. The van der Waals surface area contributed by atoms with Crippen molar-refractivity contribution in [2.75, 3.05) is 35.2 Å². The molecule has 3 rings (SSSR count). The van der Waals surface area contributed by atoms with Crippen molar-refractivity contribution in [1.82, 2.24) is 15.0 Å². The van der Waals surface area contributed by atoms with E-state index in [0.29, 0.717) is 17.9 Å². The van der Waals surface area contributed by atoms with Crippen LogP contribution in [-0.2, 0) is 0 Å². The van der Waals surface area contributed by atoms with Gasteiger partial charge in [0.2, 0.25) is 17.8 Å². The van der Waals surface area contributed by atoms with Crippen LogP contribution < -0.4 is 15.5 Å². The molecule has 0 bridgehead atoms. The van der Waals surface area contributed by atoms with E-state index >= 15 is 0 Å². The summed E-state index contributed by atoms with van der Waals surface area (Å²) in [7, 11) is 0. The molecule has 6 nitrogen and oxygen atoms in total. The van der Waals surface area contributed by atoms with Crippen molar-refractivity contribution in [1.29, 1.82) is 0 Å². The maximum atomic E-state index is 5.90. The van der Waals surface area contributed by atoms with Gasteiger partial charge in [-0.2, -0.15) is 15.0 Å². The van der Waals surface area contributed by atoms with Crippen LogP contribution in [0, 0.1) is 5.92 Å². The Balaban J connectivity index is 1.88. The largest absolute Gasteiger partial charge is 0.368 e. The SMILES string of the molecule is CC1CCC(C)N(c2nc(N)nc(N3CCCC3)n2)C1. The van der Waals surface area contributed by atoms with Gasteiger partial charge in [0.15, 0.2) is 0 Å². The Bertz CT molecular complexity index is 471. The first-order valence-corrected chi connectivity index (χ1v) is 7.66. The van der Waals surface area contributed by atoms with Crippen molar-refractivity contribution in [3.63, 3.8) is 0 Å². The first-order valence-electron chi connectivity index (χ1n) is 7.66. The smallest absolute Gasteiger partial charge is 0.232 e. The lowest BCUT2D eigenvalue weighted by atomic mass is 9.95. The number of hydrogen-bond donors (Lipinski definition) is 1.